The maximum Gasteiger partial charge on any atom is 0.120 e. The van der Waals surface area contributed by atoms with Crippen LogP contribution in [0, 0.1) is 0 Å². The minimum atomic E-state index is -0.636. The van der Waals surface area contributed by atoms with Gasteiger partial charge in [-0.25, -0.2) is 0 Å². The second-order valence-electron chi connectivity index (χ2n) is 3.43. The lowest BCUT2D eigenvalue weighted by Crippen LogP contribution is -2.11. The summed E-state index contributed by atoms with van der Waals surface area (Å²) in [5.74, 6) is 0.790. The monoisotopic (exact) mass is 206 g/mol. The van der Waals surface area contributed by atoms with E-state index in [1.54, 1.807) is 7.11 Å². The van der Waals surface area contributed by atoms with Crippen molar-refractivity contribution in [2.75, 3.05) is 13.7 Å². The van der Waals surface area contributed by atoms with Crippen molar-refractivity contribution in [2.24, 2.45) is 5.73 Å². The number of rotatable bonds is 3. The second kappa shape index (κ2) is 3.92. The van der Waals surface area contributed by atoms with Crippen molar-refractivity contribution in [1.29, 1.82) is 0 Å². The zero-order chi connectivity index (χ0) is 10.8. The van der Waals surface area contributed by atoms with E-state index in [2.05, 4.69) is 4.98 Å². The third-order valence-corrected chi connectivity index (χ3v) is 2.43. The number of aromatic amines is 1. The van der Waals surface area contributed by atoms with Crippen molar-refractivity contribution >= 4 is 10.9 Å². The van der Waals surface area contributed by atoms with Gasteiger partial charge >= 0.3 is 0 Å². The predicted octanol–water partition coefficient (Wildman–Crippen LogP) is 1.17. The Bertz CT molecular complexity index is 465. The fourth-order valence-corrected chi connectivity index (χ4v) is 1.56. The highest BCUT2D eigenvalue weighted by molar-refractivity contribution is 5.81. The number of hydrogen-bond acceptors (Lipinski definition) is 3. The Kier molecular flexibility index (Phi) is 2.62. The summed E-state index contributed by atoms with van der Waals surface area (Å²) in [4.78, 5) is 3.11. The van der Waals surface area contributed by atoms with Gasteiger partial charge in [0.25, 0.3) is 0 Å². The van der Waals surface area contributed by atoms with Crippen LogP contribution in [-0.2, 0) is 0 Å². The number of hydrogen-bond donors (Lipinski definition) is 3. The molecule has 0 saturated carbocycles. The molecule has 1 heterocycles. The molecule has 1 aromatic carbocycles. The Labute approximate surface area is 87.7 Å². The summed E-state index contributed by atoms with van der Waals surface area (Å²) in [6.45, 7) is 0.212. The van der Waals surface area contributed by atoms with Gasteiger partial charge in [0, 0.05) is 29.2 Å². The van der Waals surface area contributed by atoms with E-state index in [0.717, 1.165) is 22.3 Å². The summed E-state index contributed by atoms with van der Waals surface area (Å²) in [5, 5.41) is 10.6. The van der Waals surface area contributed by atoms with Gasteiger partial charge in [0.2, 0.25) is 0 Å². The van der Waals surface area contributed by atoms with E-state index >= 15 is 0 Å². The number of H-pyrrole nitrogens is 1. The molecule has 2 aromatic rings. The third-order valence-electron chi connectivity index (χ3n) is 2.43. The van der Waals surface area contributed by atoms with Crippen LogP contribution in [0.4, 0.5) is 0 Å². The van der Waals surface area contributed by atoms with Crippen molar-refractivity contribution in [3.8, 4) is 5.75 Å². The van der Waals surface area contributed by atoms with Crippen molar-refractivity contribution in [2.45, 2.75) is 6.10 Å². The van der Waals surface area contributed by atoms with Gasteiger partial charge in [0.1, 0.15) is 11.9 Å². The Balaban J connectivity index is 2.46. The molecule has 0 radical (unpaired) electrons. The van der Waals surface area contributed by atoms with Gasteiger partial charge in [-0.2, -0.15) is 0 Å². The van der Waals surface area contributed by atoms with Gasteiger partial charge in [-0.15, -0.1) is 0 Å². The lowest BCUT2D eigenvalue weighted by molar-refractivity contribution is 0.183. The molecular weight excluding hydrogens is 192 g/mol. The van der Waals surface area contributed by atoms with Crippen molar-refractivity contribution in [3.05, 3.63) is 30.0 Å². The smallest absolute Gasteiger partial charge is 0.120 e. The Morgan fingerprint density at radius 2 is 2.27 bits per heavy atom. The SMILES string of the molecule is COc1ccc2cc(C(O)CN)[nH]c2c1. The van der Waals surface area contributed by atoms with Crippen LogP contribution >= 0.6 is 0 Å². The molecule has 15 heavy (non-hydrogen) atoms. The topological polar surface area (TPSA) is 71.3 Å². The molecule has 0 fully saturated rings. The zero-order valence-electron chi connectivity index (χ0n) is 8.53. The molecule has 0 aliphatic rings. The summed E-state index contributed by atoms with van der Waals surface area (Å²) in [5.41, 5.74) is 7.07. The molecule has 4 nitrogen and oxygen atoms in total. The normalized spacial score (nSPS) is 13.0. The number of nitrogens with one attached hydrogen (secondary N) is 1. The third kappa shape index (κ3) is 1.82. The minimum Gasteiger partial charge on any atom is -0.497 e. The summed E-state index contributed by atoms with van der Waals surface area (Å²) in [6, 6.07) is 7.61. The summed E-state index contributed by atoms with van der Waals surface area (Å²) >= 11 is 0. The Morgan fingerprint density at radius 1 is 1.47 bits per heavy atom. The molecule has 0 saturated heterocycles. The molecule has 0 aliphatic heterocycles. The highest BCUT2D eigenvalue weighted by Gasteiger charge is 2.08. The van der Waals surface area contributed by atoms with Gasteiger partial charge in [0.05, 0.1) is 7.11 Å². The molecule has 1 aromatic heterocycles. The number of nitrogens with two attached hydrogens (primary N) is 1. The molecule has 4 heteroatoms. The highest BCUT2D eigenvalue weighted by atomic mass is 16.5. The highest BCUT2D eigenvalue weighted by Crippen LogP contribution is 2.23. The Hall–Kier alpha value is -1.52. The maximum absolute atomic E-state index is 9.57. The largest absolute Gasteiger partial charge is 0.497 e. The molecular formula is C11H14N2O2. The van der Waals surface area contributed by atoms with Gasteiger partial charge in [-0.3, -0.25) is 0 Å². The van der Waals surface area contributed by atoms with E-state index in [4.69, 9.17) is 10.5 Å². The first-order valence-electron chi connectivity index (χ1n) is 4.79. The van der Waals surface area contributed by atoms with E-state index in [9.17, 15) is 5.11 Å². The fourth-order valence-electron chi connectivity index (χ4n) is 1.56. The molecule has 80 valence electrons. The molecule has 0 spiro atoms. The van der Waals surface area contributed by atoms with E-state index in [-0.39, 0.29) is 6.54 Å². The lowest BCUT2D eigenvalue weighted by Gasteiger charge is -2.02. The van der Waals surface area contributed by atoms with Crippen LogP contribution in [0.5, 0.6) is 5.75 Å². The number of fused-ring (bicyclic) bond motifs is 1. The molecule has 2 rings (SSSR count). The predicted molar refractivity (Wildman–Crippen MR) is 58.9 cm³/mol. The van der Waals surface area contributed by atoms with Crippen LogP contribution in [0.3, 0.4) is 0 Å². The van der Waals surface area contributed by atoms with Gasteiger partial charge in [-0.05, 0) is 18.2 Å². The molecule has 1 atom stereocenters. The van der Waals surface area contributed by atoms with Crippen LogP contribution in [0.2, 0.25) is 0 Å². The maximum atomic E-state index is 9.57. The van der Waals surface area contributed by atoms with Gasteiger partial charge in [0.15, 0.2) is 0 Å². The standard InChI is InChI=1S/C11H14N2O2/c1-15-8-3-2-7-4-10(11(14)6-12)13-9(7)5-8/h2-5,11,13-14H,6,12H2,1H3. The molecule has 0 aliphatic carbocycles. The number of aromatic nitrogens is 1. The van der Waals surface area contributed by atoms with Crippen molar-refractivity contribution in [3.63, 3.8) is 0 Å². The number of ether oxygens (including phenoxy) is 1. The minimum absolute atomic E-state index is 0.212. The summed E-state index contributed by atoms with van der Waals surface area (Å²) < 4.78 is 5.11. The molecule has 4 N–H and O–H groups in total. The first-order valence-corrected chi connectivity index (χ1v) is 4.79. The quantitative estimate of drug-likeness (QED) is 0.706. The van der Waals surface area contributed by atoms with Crippen LogP contribution in [0.25, 0.3) is 10.9 Å². The van der Waals surface area contributed by atoms with E-state index in [0.29, 0.717) is 0 Å². The summed E-state index contributed by atoms with van der Waals surface area (Å²) in [7, 11) is 1.62. The number of aliphatic hydroxyl groups is 1. The lowest BCUT2D eigenvalue weighted by atomic mass is 10.2. The van der Waals surface area contributed by atoms with Gasteiger partial charge in [-0.1, -0.05) is 0 Å². The Morgan fingerprint density at radius 3 is 2.93 bits per heavy atom. The van der Waals surface area contributed by atoms with Crippen molar-refractivity contribution in [1.82, 2.24) is 4.98 Å². The van der Waals surface area contributed by atoms with E-state index < -0.39 is 6.10 Å². The molecule has 0 bridgehead atoms. The average Bonchev–Trinajstić information content (AvgIpc) is 2.70. The zero-order valence-corrected chi connectivity index (χ0v) is 8.53. The van der Waals surface area contributed by atoms with E-state index in [1.807, 2.05) is 24.3 Å². The second-order valence-corrected chi connectivity index (χ2v) is 3.43. The first kappa shape index (κ1) is 10.0. The van der Waals surface area contributed by atoms with Crippen molar-refractivity contribution < 1.29 is 9.84 Å². The van der Waals surface area contributed by atoms with Crippen LogP contribution in [-0.4, -0.2) is 23.7 Å². The number of methoxy groups -OCH3 is 1. The molecule has 1 unspecified atom stereocenters. The fraction of sp³-hybridized carbons (Fsp3) is 0.273. The number of aliphatic hydroxyl groups excluding tert-OH is 1. The summed E-state index contributed by atoms with van der Waals surface area (Å²) in [6.07, 6.45) is -0.636. The van der Waals surface area contributed by atoms with Crippen LogP contribution in [0.15, 0.2) is 24.3 Å². The van der Waals surface area contributed by atoms with Crippen LogP contribution < -0.4 is 10.5 Å². The van der Waals surface area contributed by atoms with Crippen LogP contribution in [0.1, 0.15) is 11.8 Å². The van der Waals surface area contributed by atoms with Gasteiger partial charge < -0.3 is 20.6 Å². The van der Waals surface area contributed by atoms with E-state index in [1.165, 1.54) is 0 Å². The molecule has 0 amide bonds. The number of benzene rings is 1. The first-order chi connectivity index (χ1) is 7.24. The average molecular weight is 206 g/mol.